The predicted molar refractivity (Wildman–Crippen MR) is 100 cm³/mol. The number of amides is 1. The lowest BCUT2D eigenvalue weighted by atomic mass is 10.2. The smallest absolute Gasteiger partial charge is 0.238 e. The molecule has 25 heavy (non-hydrogen) atoms. The quantitative estimate of drug-likeness (QED) is 0.872. The van der Waals surface area contributed by atoms with Gasteiger partial charge in [-0.05, 0) is 42.5 Å². The summed E-state index contributed by atoms with van der Waals surface area (Å²) >= 11 is 12.0. The molecule has 0 unspecified atom stereocenters. The molecule has 2 aromatic rings. The Hall–Kier alpha value is -1.82. The second-order valence-electron chi connectivity index (χ2n) is 5.92. The fraction of sp³-hybridized carbons (Fsp3) is 0.278. The largest absolute Gasteiger partial charge is 0.369 e. The van der Waals surface area contributed by atoms with Crippen LogP contribution in [0.2, 0.25) is 10.0 Å². The van der Waals surface area contributed by atoms with Crippen LogP contribution in [0, 0.1) is 5.82 Å². The molecule has 1 amide bonds. The van der Waals surface area contributed by atoms with Crippen LogP contribution in [0.3, 0.4) is 0 Å². The van der Waals surface area contributed by atoms with Crippen molar-refractivity contribution >= 4 is 40.5 Å². The van der Waals surface area contributed by atoms with Gasteiger partial charge >= 0.3 is 0 Å². The van der Waals surface area contributed by atoms with Gasteiger partial charge in [-0.15, -0.1) is 0 Å². The molecular weight excluding hydrogens is 364 g/mol. The van der Waals surface area contributed by atoms with Crippen molar-refractivity contribution in [2.45, 2.75) is 0 Å². The fourth-order valence-electron chi connectivity index (χ4n) is 2.78. The van der Waals surface area contributed by atoms with E-state index in [9.17, 15) is 9.18 Å². The van der Waals surface area contributed by atoms with Crippen molar-refractivity contribution in [3.8, 4) is 0 Å². The Morgan fingerprint density at radius 2 is 1.68 bits per heavy atom. The van der Waals surface area contributed by atoms with Crippen molar-refractivity contribution in [2.75, 3.05) is 42.9 Å². The molecule has 0 aliphatic carbocycles. The average Bonchev–Trinajstić information content (AvgIpc) is 2.60. The third-order valence-corrected chi connectivity index (χ3v) is 4.87. The summed E-state index contributed by atoms with van der Waals surface area (Å²) in [6.07, 6.45) is 0. The summed E-state index contributed by atoms with van der Waals surface area (Å²) in [4.78, 5) is 16.4. The highest BCUT2D eigenvalue weighted by atomic mass is 35.5. The number of nitrogens with one attached hydrogen (secondary N) is 1. The molecule has 1 aliphatic rings. The number of carbonyl (C=O) groups excluding carboxylic acids is 1. The summed E-state index contributed by atoms with van der Waals surface area (Å²) in [5, 5.41) is 3.87. The number of hydrogen-bond acceptors (Lipinski definition) is 3. The average molecular weight is 382 g/mol. The lowest BCUT2D eigenvalue weighted by molar-refractivity contribution is -0.117. The van der Waals surface area contributed by atoms with Crippen LogP contribution < -0.4 is 10.2 Å². The first-order chi connectivity index (χ1) is 12.0. The zero-order valence-electron chi connectivity index (χ0n) is 13.5. The minimum Gasteiger partial charge on any atom is -0.369 e. The van der Waals surface area contributed by atoms with Gasteiger partial charge in [-0.2, -0.15) is 0 Å². The third kappa shape index (κ3) is 4.84. The summed E-state index contributed by atoms with van der Waals surface area (Å²) in [7, 11) is 0. The van der Waals surface area contributed by atoms with Crippen LogP contribution in [0.4, 0.5) is 15.8 Å². The Bertz CT molecular complexity index is 746. The highest BCUT2D eigenvalue weighted by molar-refractivity contribution is 6.42. The molecule has 0 spiro atoms. The van der Waals surface area contributed by atoms with Crippen LogP contribution in [0.15, 0.2) is 42.5 Å². The van der Waals surface area contributed by atoms with Crippen molar-refractivity contribution in [1.82, 2.24) is 4.90 Å². The van der Waals surface area contributed by atoms with Gasteiger partial charge in [0.2, 0.25) is 5.91 Å². The van der Waals surface area contributed by atoms with Gasteiger partial charge in [0.1, 0.15) is 5.82 Å². The Morgan fingerprint density at radius 3 is 2.32 bits per heavy atom. The van der Waals surface area contributed by atoms with E-state index in [-0.39, 0.29) is 11.7 Å². The standard InChI is InChI=1S/C18H18Cl2FN3O/c19-16-6-5-15(11-17(16)20)24-9-7-23(8-10-24)12-18(25)22-14-3-1-13(21)2-4-14/h1-6,11H,7-10,12H2,(H,22,25). The molecule has 2 aromatic carbocycles. The van der Waals surface area contributed by atoms with E-state index in [0.29, 0.717) is 22.3 Å². The van der Waals surface area contributed by atoms with E-state index in [0.717, 1.165) is 31.9 Å². The second kappa shape index (κ2) is 8.04. The number of nitrogens with zero attached hydrogens (tertiary/aromatic N) is 2. The summed E-state index contributed by atoms with van der Waals surface area (Å²) in [5.41, 5.74) is 1.63. The molecule has 4 nitrogen and oxygen atoms in total. The van der Waals surface area contributed by atoms with Gasteiger partial charge < -0.3 is 10.2 Å². The molecular formula is C18H18Cl2FN3O. The van der Waals surface area contributed by atoms with E-state index >= 15 is 0 Å². The highest BCUT2D eigenvalue weighted by Gasteiger charge is 2.19. The molecule has 1 saturated heterocycles. The van der Waals surface area contributed by atoms with Gasteiger partial charge in [-0.1, -0.05) is 23.2 Å². The van der Waals surface area contributed by atoms with Crippen molar-refractivity contribution in [1.29, 1.82) is 0 Å². The lowest BCUT2D eigenvalue weighted by Crippen LogP contribution is -2.48. The molecule has 0 saturated carbocycles. The van der Waals surface area contributed by atoms with Crippen LogP contribution in [0.25, 0.3) is 0 Å². The van der Waals surface area contributed by atoms with Crippen LogP contribution in [-0.2, 0) is 4.79 Å². The van der Waals surface area contributed by atoms with Crippen molar-refractivity contribution in [3.05, 3.63) is 58.3 Å². The van der Waals surface area contributed by atoms with Crippen LogP contribution in [0.5, 0.6) is 0 Å². The van der Waals surface area contributed by atoms with Crippen molar-refractivity contribution in [3.63, 3.8) is 0 Å². The predicted octanol–water partition coefficient (Wildman–Crippen LogP) is 3.89. The molecule has 0 atom stereocenters. The van der Waals surface area contributed by atoms with E-state index < -0.39 is 0 Å². The molecule has 1 N–H and O–H groups in total. The molecule has 1 aliphatic heterocycles. The normalized spacial score (nSPS) is 15.2. The van der Waals surface area contributed by atoms with Crippen molar-refractivity contribution < 1.29 is 9.18 Å². The molecule has 1 heterocycles. The molecule has 7 heteroatoms. The first kappa shape index (κ1) is 18.0. The van der Waals surface area contributed by atoms with E-state index in [1.807, 2.05) is 12.1 Å². The fourth-order valence-corrected chi connectivity index (χ4v) is 3.08. The highest BCUT2D eigenvalue weighted by Crippen LogP contribution is 2.27. The van der Waals surface area contributed by atoms with Gasteiger partial charge in [-0.3, -0.25) is 9.69 Å². The lowest BCUT2D eigenvalue weighted by Gasteiger charge is -2.35. The minimum atomic E-state index is -0.323. The molecule has 0 radical (unpaired) electrons. The molecule has 132 valence electrons. The van der Waals surface area contributed by atoms with E-state index in [2.05, 4.69) is 15.1 Å². The number of anilines is 2. The number of hydrogen-bond donors (Lipinski definition) is 1. The summed E-state index contributed by atoms with van der Waals surface area (Å²) in [5.74, 6) is -0.425. The number of piperazine rings is 1. The number of benzene rings is 2. The molecule has 0 bridgehead atoms. The summed E-state index contributed by atoms with van der Waals surface area (Å²) in [6.45, 7) is 3.48. The summed E-state index contributed by atoms with van der Waals surface area (Å²) in [6, 6.07) is 11.4. The van der Waals surface area contributed by atoms with E-state index in [1.54, 1.807) is 18.2 Å². The maximum atomic E-state index is 12.9. The SMILES string of the molecule is O=C(CN1CCN(c2ccc(Cl)c(Cl)c2)CC1)Nc1ccc(F)cc1. The maximum Gasteiger partial charge on any atom is 0.238 e. The maximum absolute atomic E-state index is 12.9. The minimum absolute atomic E-state index is 0.102. The first-order valence-electron chi connectivity index (χ1n) is 7.99. The van der Waals surface area contributed by atoms with Gasteiger partial charge in [0.05, 0.1) is 16.6 Å². The van der Waals surface area contributed by atoms with Crippen molar-refractivity contribution in [2.24, 2.45) is 0 Å². The molecule has 0 aromatic heterocycles. The third-order valence-electron chi connectivity index (χ3n) is 4.14. The van der Waals surface area contributed by atoms with Gasteiger partial charge in [0.15, 0.2) is 0 Å². The van der Waals surface area contributed by atoms with Gasteiger partial charge in [0, 0.05) is 37.6 Å². The zero-order valence-corrected chi connectivity index (χ0v) is 15.0. The number of carbonyl (C=O) groups is 1. The molecule has 3 rings (SSSR count). The topological polar surface area (TPSA) is 35.6 Å². The monoisotopic (exact) mass is 381 g/mol. The van der Waals surface area contributed by atoms with E-state index in [1.165, 1.54) is 12.1 Å². The second-order valence-corrected chi connectivity index (χ2v) is 6.73. The van der Waals surface area contributed by atoms with Crippen LogP contribution in [-0.4, -0.2) is 43.5 Å². The van der Waals surface area contributed by atoms with E-state index in [4.69, 9.17) is 23.2 Å². The Kier molecular flexibility index (Phi) is 5.78. The van der Waals surface area contributed by atoms with Gasteiger partial charge in [-0.25, -0.2) is 4.39 Å². The number of rotatable bonds is 4. The first-order valence-corrected chi connectivity index (χ1v) is 8.74. The Morgan fingerprint density at radius 1 is 1.00 bits per heavy atom. The van der Waals surface area contributed by atoms with Crippen LogP contribution in [0.1, 0.15) is 0 Å². The van der Waals surface area contributed by atoms with Crippen LogP contribution >= 0.6 is 23.2 Å². The van der Waals surface area contributed by atoms with Gasteiger partial charge in [0.25, 0.3) is 0 Å². The number of halogens is 3. The Labute approximate surface area is 156 Å². The summed E-state index contributed by atoms with van der Waals surface area (Å²) < 4.78 is 12.9. The Balaban J connectivity index is 1.49. The molecule has 1 fully saturated rings. The zero-order chi connectivity index (χ0) is 17.8.